The zero-order chi connectivity index (χ0) is 103. The molecule has 0 saturated heterocycles. The molecule has 8 bridgehead atoms. The van der Waals surface area contributed by atoms with E-state index in [0.29, 0.717) is 150 Å². The van der Waals surface area contributed by atoms with Crippen LogP contribution in [-0.4, -0.2) is 220 Å². The number of hydrogen-bond acceptors (Lipinski definition) is 24. The van der Waals surface area contributed by atoms with Crippen LogP contribution in [0.25, 0.3) is 90.9 Å². The van der Waals surface area contributed by atoms with Crippen LogP contribution in [0.5, 0.6) is 23.0 Å². The highest BCUT2D eigenvalue weighted by Gasteiger charge is 2.35. The highest BCUT2D eigenvalue weighted by atomic mass is 16.5. The topological polar surface area (TPSA) is 625 Å². The Hall–Kier alpha value is -17.9. The lowest BCUT2D eigenvalue weighted by Gasteiger charge is -2.22. The highest BCUT2D eigenvalue weighted by Crippen LogP contribution is 2.40. The lowest BCUT2D eigenvalue weighted by Crippen LogP contribution is -2.53. The van der Waals surface area contributed by atoms with E-state index in [0.717, 1.165) is 0 Å². The predicted molar refractivity (Wildman–Crippen MR) is 530 cm³/mol. The van der Waals surface area contributed by atoms with E-state index in [1.54, 1.807) is 121 Å². The molecule has 13 rings (SSSR count). The van der Waals surface area contributed by atoms with Gasteiger partial charge in [0.25, 0.3) is 23.6 Å². The van der Waals surface area contributed by atoms with Crippen LogP contribution in [0.4, 0.5) is 0 Å². The van der Waals surface area contributed by atoms with Gasteiger partial charge in [-0.1, -0.05) is 97.1 Å². The Morgan fingerprint density at radius 3 is 0.715 bits per heavy atom. The summed E-state index contributed by atoms with van der Waals surface area (Å²) in [7, 11) is 2.36. The van der Waals surface area contributed by atoms with Gasteiger partial charge < -0.3 is 114 Å². The summed E-state index contributed by atoms with van der Waals surface area (Å²) in [5.41, 5.74) is 19.7. The number of nitrogens with zero attached hydrogens (tertiary/aromatic N) is 2. The van der Waals surface area contributed by atoms with Crippen molar-refractivity contribution in [1.29, 1.82) is 0 Å². The molecule has 38 nitrogen and oxygen atoms in total. The number of phenolic OH excluding ortho intramolecular Hbond substituents is 4. The second-order valence-corrected chi connectivity index (χ2v) is 34.1. The lowest BCUT2D eigenvalue weighted by molar-refractivity contribution is -0.147. The van der Waals surface area contributed by atoms with E-state index in [4.69, 9.17) is 30.9 Å². The van der Waals surface area contributed by atoms with Crippen molar-refractivity contribution in [1.82, 2.24) is 62.5 Å². The number of aliphatic carboxylic acids is 4. The molecule has 0 saturated carbocycles. The Morgan fingerprint density at radius 1 is 0.292 bits per heavy atom. The van der Waals surface area contributed by atoms with Gasteiger partial charge >= 0.3 is 35.8 Å². The normalized spacial score (nSPS) is 13.0. The molecule has 0 spiro atoms. The first-order valence-electron chi connectivity index (χ1n) is 45.8. The van der Waals surface area contributed by atoms with Crippen molar-refractivity contribution in [3.8, 4) is 67.5 Å². The number of aromatic nitrogens is 4. The number of rotatable bonds is 44. The van der Waals surface area contributed by atoms with Gasteiger partial charge in [0.2, 0.25) is 23.6 Å². The fraction of sp³-hybridized carbons (Fsp3) is 0.226. The molecule has 0 unspecified atom stereocenters. The molecule has 2 aliphatic rings. The number of H-pyrrole nitrogens is 2. The van der Waals surface area contributed by atoms with Crippen molar-refractivity contribution in [3.63, 3.8) is 0 Å². The van der Waals surface area contributed by atoms with Crippen LogP contribution in [0.2, 0.25) is 0 Å². The van der Waals surface area contributed by atoms with Crippen molar-refractivity contribution in [2.75, 3.05) is 27.3 Å². The van der Waals surface area contributed by atoms with Crippen molar-refractivity contribution in [2.45, 2.75) is 125 Å². The minimum absolute atomic E-state index is 0.0167. The predicted octanol–water partition coefficient (Wildman–Crippen LogP) is 9.17. The quantitative estimate of drug-likeness (QED) is 0.0125. The number of unbranched alkanes of at least 4 members (excludes halogenated alkanes) is 2. The summed E-state index contributed by atoms with van der Waals surface area (Å²) in [6.07, 6.45) is 6.58. The van der Waals surface area contributed by atoms with Crippen LogP contribution < -0.4 is 54.0 Å². The van der Waals surface area contributed by atoms with Gasteiger partial charge in [0.1, 0.15) is 71.3 Å². The van der Waals surface area contributed by atoms with Crippen LogP contribution in [0.3, 0.4) is 0 Å². The number of carbonyl (C=O) groups is 14. The number of carboxylic acids is 4. The first kappa shape index (κ1) is 103. The van der Waals surface area contributed by atoms with Gasteiger partial charge in [0.15, 0.2) is 0 Å². The van der Waals surface area contributed by atoms with Crippen molar-refractivity contribution < 1.29 is 117 Å². The van der Waals surface area contributed by atoms with Crippen LogP contribution >= 0.6 is 0 Å². The number of carboxylic acid groups (broad SMARTS) is 4. The molecule has 144 heavy (non-hydrogen) atoms. The van der Waals surface area contributed by atoms with Crippen molar-refractivity contribution >= 4 is 129 Å². The van der Waals surface area contributed by atoms with Crippen LogP contribution in [-0.2, 0) is 83.1 Å². The van der Waals surface area contributed by atoms with E-state index in [1.807, 2.05) is 0 Å². The number of phenols is 4. The van der Waals surface area contributed by atoms with Crippen LogP contribution in [0, 0.1) is 0 Å². The summed E-state index contributed by atoms with van der Waals surface area (Å²) < 4.78 is 10.1. The second-order valence-electron chi connectivity index (χ2n) is 34.1. The first-order valence-corrected chi connectivity index (χ1v) is 45.8. The number of nitrogens with two attached hydrogens (primary N) is 2. The zero-order valence-corrected chi connectivity index (χ0v) is 77.8. The number of methoxy groups -OCH3 is 2. The monoisotopic (exact) mass is 1960 g/mol. The maximum atomic E-state index is 14.8. The van der Waals surface area contributed by atoms with Crippen molar-refractivity contribution in [3.05, 3.63) is 286 Å². The van der Waals surface area contributed by atoms with Crippen LogP contribution in [0.15, 0.2) is 218 Å². The summed E-state index contributed by atoms with van der Waals surface area (Å²) in [6.45, 7) is 0.641. The summed E-state index contributed by atoms with van der Waals surface area (Å²) in [4.78, 5) is 209. The molecule has 38 heteroatoms. The van der Waals surface area contributed by atoms with Crippen molar-refractivity contribution in [2.24, 2.45) is 11.5 Å². The molecule has 3 aromatic heterocycles. The smallest absolute Gasteiger partial charge is 0.328 e. The molecule has 0 radical (unpaired) electrons. The SMILES string of the molecule is COC(=O)[C@H](CCCCN)NC(=O)[C@H](Cc1ccc(O)cc1)NC(=O)c1ccc(-c2c3nc(c(-c4ccc(C(=O)N[C@@H](Cc5ccc(O)cc5)C(=O)N[C@@H](CC(=O)O)C(=O)O)cc4)c4ccc([nH]4)c(-c4ccc(C(=O)N[C@@H](Cc5ccc(O)cc5)C(=O)N[C@@H](CCCCN)C(=O)OC)cc4)c4nc(c(-c5ccc(C(=O)N[C@@H](Cc6ccc(O)cc6)C(=O)N[C@@H](CC(=O)O)C(=O)O)cc5)c5ccc2[nH]5)C=C4)C=C3)cc1. The average Bonchev–Trinajstić information content (AvgIpc) is 1.61. The Balaban J connectivity index is 0.978. The fourth-order valence-corrected chi connectivity index (χ4v) is 16.5. The van der Waals surface area contributed by atoms with E-state index in [9.17, 15) is 108 Å². The van der Waals surface area contributed by atoms with Gasteiger partial charge in [-0.3, -0.25) is 47.9 Å². The lowest BCUT2D eigenvalue weighted by atomic mass is 10.0. The Bertz CT molecular complexity index is 6440. The standard InChI is InChI=1S/C106H104N14O24/c1-143-105(141)81(7-3-5-49-107)113-99(133)83(51-57-9-33-69(121)34-10-57)115-95(129)65-25-17-61(18-26-65)91-73-41-45-77(109-73)93(63-21-29-67(30-22-63)97(131)117-85(53-59-13-37-71(123)38-14-59)101(135)119-87(103(137)138)55-89(125)126)79-47-43-75(111-79)92(62-19-27-66(28-20-62)96(130)116-84(52-58-11-35-70(122)36-12-58)100(134)114-82(106(142)144-2)8-4-6-50-108)76-44-48-80(112-76)94(78-46-42-74(91)110-78)64-23-31-68(32-24-64)98(132)118-86(54-60-15-39-72(124)40-16-60)102(136)120-88(104(139)140)56-90(127)128/h9-48,81-88,109,112,121-124H,3-8,49-56,107-108H2,1-2H3,(H,113,133)(H,114,134)(H,115,129)(H,116,130)(H,117,131)(H,118,132)(H,119,135)(H,120,136)(H,125,126)(H,127,128)(H,137,138)(H,139,140)/t81-,82-,83-,84-,85-,86-,87-,88-/m0/s1. The molecule has 11 aromatic rings. The number of ether oxygens (including phenoxy) is 2. The van der Waals surface area contributed by atoms with Gasteiger partial charge in [-0.2, -0.15) is 0 Å². The Morgan fingerprint density at radius 2 is 0.514 bits per heavy atom. The number of esters is 2. The number of aromatic hydroxyl groups is 4. The Kier molecular flexibility index (Phi) is 34.5. The maximum absolute atomic E-state index is 14.8. The molecule has 0 aliphatic carbocycles. The minimum atomic E-state index is -1.90. The van der Waals surface area contributed by atoms with Gasteiger partial charge in [-0.25, -0.2) is 29.1 Å². The molecular formula is C106H104N14O24. The van der Waals surface area contributed by atoms with Gasteiger partial charge in [0, 0.05) is 92.3 Å². The zero-order valence-electron chi connectivity index (χ0n) is 77.8. The molecular weight excluding hydrogens is 1850 g/mol. The fourth-order valence-electron chi connectivity index (χ4n) is 16.5. The molecule has 0 fully saturated rings. The number of amides is 8. The van der Waals surface area contributed by atoms with Gasteiger partial charge in [-0.05, 0) is 242 Å². The number of hydrogen-bond donors (Lipinski definition) is 20. The number of benzene rings is 8. The van der Waals surface area contributed by atoms with E-state index in [1.165, 1.54) is 136 Å². The largest absolute Gasteiger partial charge is 0.508 e. The minimum Gasteiger partial charge on any atom is -0.508 e. The molecule has 8 aromatic carbocycles. The van der Waals surface area contributed by atoms with Gasteiger partial charge in [0.05, 0.1) is 49.8 Å². The third-order valence-electron chi connectivity index (χ3n) is 24.0. The average molecular weight is 1960 g/mol. The third-order valence-corrected chi connectivity index (χ3v) is 24.0. The summed E-state index contributed by atoms with van der Waals surface area (Å²) in [5.74, 6) is -14.8. The first-order chi connectivity index (χ1) is 69.2. The molecule has 2 aliphatic heterocycles. The summed E-state index contributed by atoms with van der Waals surface area (Å²) in [5, 5.41) is 101. The second kappa shape index (κ2) is 48.1. The van der Waals surface area contributed by atoms with E-state index >= 15 is 0 Å². The van der Waals surface area contributed by atoms with E-state index in [2.05, 4.69) is 52.5 Å². The number of aromatic amines is 2. The number of carbonyl (C=O) groups excluding carboxylic acids is 10. The summed E-state index contributed by atoms with van der Waals surface area (Å²) >= 11 is 0. The molecule has 742 valence electrons. The summed E-state index contributed by atoms with van der Waals surface area (Å²) in [6, 6.07) is 43.7. The molecule has 22 N–H and O–H groups in total. The number of nitrogens with one attached hydrogen (secondary N) is 10. The van der Waals surface area contributed by atoms with Crippen LogP contribution in [0.1, 0.15) is 138 Å². The Labute approximate surface area is 822 Å². The molecule has 5 heterocycles. The highest BCUT2D eigenvalue weighted by molar-refractivity contribution is 6.06. The van der Waals surface area contributed by atoms with Gasteiger partial charge in [-0.15, -0.1) is 0 Å². The molecule has 8 atom stereocenters. The van der Waals surface area contributed by atoms with E-state index < -0.39 is 144 Å². The maximum Gasteiger partial charge on any atom is 0.328 e. The van der Waals surface area contributed by atoms with E-state index in [-0.39, 0.29) is 83.8 Å². The third kappa shape index (κ3) is 26.9. The molecule has 8 amide bonds. The number of fused-ring (bicyclic) bond motifs is 8.